The van der Waals surface area contributed by atoms with Gasteiger partial charge in [0, 0.05) is 18.2 Å². The van der Waals surface area contributed by atoms with Crippen molar-refractivity contribution in [2.45, 2.75) is 0 Å². The van der Waals surface area contributed by atoms with E-state index in [-0.39, 0.29) is 18.4 Å². The maximum Gasteiger partial charge on any atom is 0.264 e. The molecule has 7 heteroatoms. The lowest BCUT2D eigenvalue weighted by Gasteiger charge is -2.15. The Morgan fingerprint density at radius 1 is 0.964 bits per heavy atom. The van der Waals surface area contributed by atoms with E-state index < -0.39 is 0 Å². The molecule has 3 aromatic rings. The molecule has 2 amide bonds. The molecule has 1 aromatic heterocycles. The van der Waals surface area contributed by atoms with Crippen molar-refractivity contribution in [3.05, 3.63) is 92.6 Å². The van der Waals surface area contributed by atoms with Crippen LogP contribution in [0.5, 0.6) is 0 Å². The van der Waals surface area contributed by atoms with Gasteiger partial charge in [0.1, 0.15) is 6.54 Å². The second kappa shape index (κ2) is 9.43. The van der Waals surface area contributed by atoms with E-state index in [1.54, 1.807) is 13.1 Å². The maximum atomic E-state index is 12.4. The summed E-state index contributed by atoms with van der Waals surface area (Å²) in [6, 6.07) is 22.8. The lowest BCUT2D eigenvalue weighted by atomic mass is 10.0. The first-order valence-corrected chi connectivity index (χ1v) is 10.1. The van der Waals surface area contributed by atoms with Crippen LogP contribution in [0.4, 0.5) is 0 Å². The third kappa shape index (κ3) is 5.15. The van der Waals surface area contributed by atoms with Gasteiger partial charge in [-0.2, -0.15) is 5.10 Å². The second-order valence-corrected chi connectivity index (χ2v) is 8.46. The molecule has 28 heavy (non-hydrogen) atoms. The summed E-state index contributed by atoms with van der Waals surface area (Å²) < 4.78 is 0.869. The smallest absolute Gasteiger partial charge is 0.264 e. The van der Waals surface area contributed by atoms with E-state index >= 15 is 0 Å². The standard InChI is InChI=1S/C21H18BrN3O2S/c1-25(21(27)17-12-13-18(22)28-17)14-19(26)23-24-20(15-8-4-2-5-9-15)16-10-6-3-7-11-16/h2-13H,14H2,1H3,(H,23,26). The topological polar surface area (TPSA) is 61.8 Å². The van der Waals surface area contributed by atoms with Gasteiger partial charge >= 0.3 is 0 Å². The lowest BCUT2D eigenvalue weighted by molar-refractivity contribution is -0.121. The molecule has 0 radical (unpaired) electrons. The highest BCUT2D eigenvalue weighted by atomic mass is 79.9. The Morgan fingerprint density at radius 3 is 2.04 bits per heavy atom. The third-order valence-corrected chi connectivity index (χ3v) is 5.51. The monoisotopic (exact) mass is 455 g/mol. The minimum atomic E-state index is -0.365. The number of hydrazone groups is 1. The number of nitrogens with one attached hydrogen (secondary N) is 1. The maximum absolute atomic E-state index is 12.4. The van der Waals surface area contributed by atoms with Gasteiger partial charge in [-0.25, -0.2) is 5.43 Å². The summed E-state index contributed by atoms with van der Waals surface area (Å²) in [5, 5.41) is 4.33. The molecule has 0 bridgehead atoms. The molecule has 0 unspecified atom stereocenters. The fraction of sp³-hybridized carbons (Fsp3) is 0.0952. The molecule has 2 aromatic carbocycles. The van der Waals surface area contributed by atoms with Crippen LogP contribution in [0.3, 0.4) is 0 Å². The van der Waals surface area contributed by atoms with E-state index in [0.29, 0.717) is 10.6 Å². The number of hydrogen-bond donors (Lipinski definition) is 1. The molecule has 1 N–H and O–H groups in total. The Kier molecular flexibility index (Phi) is 6.73. The van der Waals surface area contributed by atoms with Crippen molar-refractivity contribution in [1.82, 2.24) is 10.3 Å². The molecule has 142 valence electrons. The average molecular weight is 456 g/mol. The van der Waals surface area contributed by atoms with Gasteiger partial charge in [-0.05, 0) is 28.1 Å². The van der Waals surface area contributed by atoms with Crippen LogP contribution in [0, 0.1) is 0 Å². The van der Waals surface area contributed by atoms with Crippen LogP contribution in [0.25, 0.3) is 0 Å². The van der Waals surface area contributed by atoms with Crippen molar-refractivity contribution in [2.75, 3.05) is 13.6 Å². The van der Waals surface area contributed by atoms with E-state index in [4.69, 9.17) is 0 Å². The van der Waals surface area contributed by atoms with E-state index in [1.807, 2.05) is 66.7 Å². The summed E-state index contributed by atoms with van der Waals surface area (Å²) in [5.74, 6) is -0.572. The Labute approximate surface area is 175 Å². The molecule has 0 saturated carbocycles. The summed E-state index contributed by atoms with van der Waals surface area (Å²) in [4.78, 5) is 26.7. The van der Waals surface area contributed by atoms with Crippen LogP contribution < -0.4 is 5.43 Å². The van der Waals surface area contributed by atoms with Crippen LogP contribution >= 0.6 is 27.3 Å². The number of amides is 2. The minimum absolute atomic E-state index is 0.0886. The molecule has 0 spiro atoms. The highest BCUT2D eigenvalue weighted by Gasteiger charge is 2.17. The van der Waals surface area contributed by atoms with Crippen LogP contribution in [-0.2, 0) is 4.79 Å². The molecule has 0 aliphatic carbocycles. The predicted octanol–water partition coefficient (Wildman–Crippen LogP) is 4.15. The zero-order chi connectivity index (χ0) is 19.9. The van der Waals surface area contributed by atoms with Gasteiger partial charge in [0.15, 0.2) is 0 Å². The molecule has 0 saturated heterocycles. The Hall–Kier alpha value is -2.77. The van der Waals surface area contributed by atoms with E-state index in [9.17, 15) is 9.59 Å². The molecule has 5 nitrogen and oxygen atoms in total. The van der Waals surface area contributed by atoms with Gasteiger partial charge in [0.05, 0.1) is 14.4 Å². The van der Waals surface area contributed by atoms with Gasteiger partial charge in [0.2, 0.25) is 0 Å². The number of thiophene rings is 1. The highest BCUT2D eigenvalue weighted by Crippen LogP contribution is 2.22. The molecule has 0 fully saturated rings. The zero-order valence-corrected chi connectivity index (χ0v) is 17.5. The average Bonchev–Trinajstić information content (AvgIpc) is 3.15. The summed E-state index contributed by atoms with van der Waals surface area (Å²) in [7, 11) is 1.59. The lowest BCUT2D eigenvalue weighted by Crippen LogP contribution is -2.36. The van der Waals surface area contributed by atoms with Gasteiger partial charge < -0.3 is 4.90 Å². The summed E-state index contributed by atoms with van der Waals surface area (Å²) in [6.45, 7) is -0.0886. The zero-order valence-electron chi connectivity index (χ0n) is 15.1. The largest absolute Gasteiger partial charge is 0.332 e. The number of likely N-dealkylation sites (N-methyl/N-ethyl adjacent to an activating group) is 1. The number of hydrogen-bond acceptors (Lipinski definition) is 4. The Morgan fingerprint density at radius 2 is 1.54 bits per heavy atom. The number of nitrogens with zero attached hydrogens (tertiary/aromatic N) is 2. The van der Waals surface area contributed by atoms with Crippen LogP contribution in [0.15, 0.2) is 81.7 Å². The first-order valence-electron chi connectivity index (χ1n) is 8.53. The van der Waals surface area contributed by atoms with Crippen LogP contribution in [0.1, 0.15) is 20.8 Å². The normalized spacial score (nSPS) is 10.2. The number of carbonyl (C=O) groups excluding carboxylic acids is 2. The van der Waals surface area contributed by atoms with E-state index in [0.717, 1.165) is 14.9 Å². The quantitative estimate of drug-likeness (QED) is 0.448. The number of carbonyl (C=O) groups is 2. The molecule has 3 rings (SSSR count). The molecular formula is C21H18BrN3O2S. The SMILES string of the molecule is CN(CC(=O)NN=C(c1ccccc1)c1ccccc1)C(=O)c1ccc(Br)s1. The summed E-state index contributed by atoms with van der Waals surface area (Å²) in [6.07, 6.45) is 0. The third-order valence-electron chi connectivity index (χ3n) is 3.90. The summed E-state index contributed by atoms with van der Waals surface area (Å²) >= 11 is 4.67. The van der Waals surface area contributed by atoms with Gasteiger partial charge in [0.25, 0.3) is 11.8 Å². The summed E-state index contributed by atoms with van der Waals surface area (Å²) in [5.41, 5.74) is 5.01. The fourth-order valence-electron chi connectivity index (χ4n) is 2.55. The van der Waals surface area contributed by atoms with Crippen LogP contribution in [0.2, 0.25) is 0 Å². The Bertz CT molecular complexity index is 946. The first-order chi connectivity index (χ1) is 13.5. The first kappa shape index (κ1) is 20.0. The van der Waals surface area contributed by atoms with Gasteiger partial charge in [-0.3, -0.25) is 9.59 Å². The van der Waals surface area contributed by atoms with Crippen molar-refractivity contribution in [2.24, 2.45) is 5.10 Å². The predicted molar refractivity (Wildman–Crippen MR) is 116 cm³/mol. The van der Waals surface area contributed by atoms with Crippen LogP contribution in [-0.4, -0.2) is 36.0 Å². The van der Waals surface area contributed by atoms with Crippen molar-refractivity contribution >= 4 is 44.8 Å². The number of rotatable bonds is 6. The van der Waals surface area contributed by atoms with Crippen molar-refractivity contribution in [3.63, 3.8) is 0 Å². The minimum Gasteiger partial charge on any atom is -0.332 e. The van der Waals surface area contributed by atoms with Gasteiger partial charge in [-0.1, -0.05) is 60.7 Å². The fourth-order valence-corrected chi connectivity index (χ4v) is 3.93. The van der Waals surface area contributed by atoms with E-state index in [2.05, 4.69) is 26.5 Å². The number of halogens is 1. The molecule has 1 heterocycles. The van der Waals surface area contributed by atoms with E-state index in [1.165, 1.54) is 16.2 Å². The molecular weight excluding hydrogens is 438 g/mol. The second-order valence-electron chi connectivity index (χ2n) is 5.99. The highest BCUT2D eigenvalue weighted by molar-refractivity contribution is 9.11. The molecule has 0 aliphatic heterocycles. The van der Waals surface area contributed by atoms with Gasteiger partial charge in [-0.15, -0.1) is 11.3 Å². The molecule has 0 atom stereocenters. The van der Waals surface area contributed by atoms with Crippen molar-refractivity contribution in [1.29, 1.82) is 0 Å². The number of benzene rings is 2. The van der Waals surface area contributed by atoms with Crippen molar-refractivity contribution in [3.8, 4) is 0 Å². The van der Waals surface area contributed by atoms with Crippen molar-refractivity contribution < 1.29 is 9.59 Å². The molecule has 0 aliphatic rings. The Balaban J connectivity index is 1.72.